The number of H-pyrrole nitrogens is 1. The molecule has 1 unspecified atom stereocenters. The van der Waals surface area contributed by atoms with E-state index in [1.165, 1.54) is 0 Å². The molecule has 4 rings (SSSR count). The third-order valence-electron chi connectivity index (χ3n) is 5.36. The molecule has 1 atom stereocenters. The van der Waals surface area contributed by atoms with Crippen molar-refractivity contribution in [1.82, 2.24) is 10.3 Å². The van der Waals surface area contributed by atoms with Gasteiger partial charge >= 0.3 is 0 Å². The van der Waals surface area contributed by atoms with Crippen LogP contribution >= 0.6 is 0 Å². The molecule has 2 N–H and O–H groups in total. The third-order valence-corrected chi connectivity index (χ3v) is 5.36. The van der Waals surface area contributed by atoms with Crippen molar-refractivity contribution in [1.29, 1.82) is 0 Å². The van der Waals surface area contributed by atoms with Crippen molar-refractivity contribution in [2.75, 3.05) is 13.2 Å². The molecule has 3 aromatic rings. The van der Waals surface area contributed by atoms with Gasteiger partial charge in [0.05, 0.1) is 6.04 Å². The zero-order valence-electron chi connectivity index (χ0n) is 17.7. The Hall–Kier alpha value is -3.54. The van der Waals surface area contributed by atoms with Crippen molar-refractivity contribution in [2.45, 2.75) is 32.2 Å². The monoisotopic (exact) mass is 418 g/mol. The summed E-state index contributed by atoms with van der Waals surface area (Å²) in [6.07, 6.45) is 0.578. The molecule has 2 heterocycles. The largest absolute Gasteiger partial charge is 0.486 e. The SMILES string of the molecule is CC(C)c1ccc(C(=O)NC(Cc2ccccc2)c2ccc3c(c2)OCCO3)c(=O)[nH]1. The van der Waals surface area contributed by atoms with Crippen LogP contribution < -0.4 is 20.3 Å². The maximum absolute atomic E-state index is 13.0. The average molecular weight is 418 g/mol. The van der Waals surface area contributed by atoms with E-state index in [-0.39, 0.29) is 23.1 Å². The molecule has 1 aliphatic heterocycles. The highest BCUT2D eigenvalue weighted by Gasteiger charge is 2.21. The Morgan fingerprint density at radius 1 is 1.00 bits per heavy atom. The quantitative estimate of drug-likeness (QED) is 0.635. The third kappa shape index (κ3) is 4.79. The summed E-state index contributed by atoms with van der Waals surface area (Å²) < 4.78 is 11.3. The number of aromatic nitrogens is 1. The standard InChI is InChI=1S/C25H26N2O4/c1-16(2)20-10-9-19(24(28)26-20)25(29)27-21(14-17-6-4-3-5-7-17)18-8-11-22-23(15-18)31-13-12-30-22/h3-11,15-16,21H,12-14H2,1-2H3,(H,26,28)(H,27,29). The molecule has 1 amide bonds. The lowest BCUT2D eigenvalue weighted by atomic mass is 9.97. The van der Waals surface area contributed by atoms with Crippen molar-refractivity contribution in [3.8, 4) is 11.5 Å². The summed E-state index contributed by atoms with van der Waals surface area (Å²) >= 11 is 0. The highest BCUT2D eigenvalue weighted by molar-refractivity contribution is 5.94. The molecule has 0 radical (unpaired) electrons. The van der Waals surface area contributed by atoms with E-state index < -0.39 is 5.91 Å². The minimum absolute atomic E-state index is 0.0972. The van der Waals surface area contributed by atoms with E-state index >= 15 is 0 Å². The van der Waals surface area contributed by atoms with Crippen molar-refractivity contribution >= 4 is 5.91 Å². The second-order valence-corrected chi connectivity index (χ2v) is 7.93. The maximum atomic E-state index is 13.0. The van der Waals surface area contributed by atoms with Crippen LogP contribution in [0.4, 0.5) is 0 Å². The number of pyridine rings is 1. The van der Waals surface area contributed by atoms with Gasteiger partial charge in [-0.25, -0.2) is 0 Å². The van der Waals surface area contributed by atoms with E-state index in [2.05, 4.69) is 10.3 Å². The van der Waals surface area contributed by atoms with E-state index in [1.807, 2.05) is 62.4 Å². The van der Waals surface area contributed by atoms with Crippen molar-refractivity contribution in [2.24, 2.45) is 0 Å². The van der Waals surface area contributed by atoms with Crippen LogP contribution in [0.15, 0.2) is 65.5 Å². The number of aromatic amines is 1. The first-order valence-corrected chi connectivity index (χ1v) is 10.5. The fourth-order valence-electron chi connectivity index (χ4n) is 3.62. The minimum atomic E-state index is -0.410. The minimum Gasteiger partial charge on any atom is -0.486 e. The number of benzene rings is 2. The van der Waals surface area contributed by atoms with Crippen LogP contribution in [0.5, 0.6) is 11.5 Å². The Kier molecular flexibility index (Phi) is 6.07. The molecule has 160 valence electrons. The van der Waals surface area contributed by atoms with E-state index in [1.54, 1.807) is 12.1 Å². The van der Waals surface area contributed by atoms with Gasteiger partial charge in [0.15, 0.2) is 11.5 Å². The van der Waals surface area contributed by atoms with Gasteiger partial charge in [0.1, 0.15) is 18.8 Å². The number of carbonyl (C=O) groups excluding carboxylic acids is 1. The molecule has 2 aromatic carbocycles. The highest BCUT2D eigenvalue weighted by Crippen LogP contribution is 2.33. The normalized spacial score (nSPS) is 13.6. The summed E-state index contributed by atoms with van der Waals surface area (Å²) in [5, 5.41) is 3.04. The Morgan fingerprint density at radius 2 is 1.74 bits per heavy atom. The summed E-state index contributed by atoms with van der Waals surface area (Å²) in [6.45, 7) is 4.99. The molecule has 6 heteroatoms. The van der Waals surface area contributed by atoms with Gasteiger partial charge in [-0.15, -0.1) is 0 Å². The zero-order chi connectivity index (χ0) is 21.8. The number of hydrogen-bond acceptors (Lipinski definition) is 4. The first-order chi connectivity index (χ1) is 15.0. The van der Waals surface area contributed by atoms with E-state index in [4.69, 9.17) is 9.47 Å². The lowest BCUT2D eigenvalue weighted by Gasteiger charge is -2.23. The average Bonchev–Trinajstić information content (AvgIpc) is 2.78. The van der Waals surface area contributed by atoms with Gasteiger partial charge in [-0.05, 0) is 47.7 Å². The number of rotatable bonds is 6. The molecule has 1 aliphatic rings. The maximum Gasteiger partial charge on any atom is 0.261 e. The molecule has 0 aliphatic carbocycles. The van der Waals surface area contributed by atoms with Crippen LogP contribution in [-0.2, 0) is 6.42 Å². The van der Waals surface area contributed by atoms with Crippen LogP contribution in [-0.4, -0.2) is 24.1 Å². The fraction of sp³-hybridized carbons (Fsp3) is 0.280. The summed E-state index contributed by atoms with van der Waals surface area (Å²) in [7, 11) is 0. The number of nitrogens with one attached hydrogen (secondary N) is 2. The number of amides is 1. The predicted octanol–water partition coefficient (Wildman–Crippen LogP) is 3.98. The summed E-state index contributed by atoms with van der Waals surface area (Å²) in [5.74, 6) is 1.12. The van der Waals surface area contributed by atoms with Crippen LogP contribution in [0.1, 0.15) is 53.0 Å². The molecule has 0 saturated carbocycles. The van der Waals surface area contributed by atoms with Gasteiger partial charge in [-0.1, -0.05) is 50.2 Å². The number of carbonyl (C=O) groups is 1. The lowest BCUT2D eigenvalue weighted by Crippen LogP contribution is -2.34. The molecular weight excluding hydrogens is 392 g/mol. The smallest absolute Gasteiger partial charge is 0.261 e. The summed E-state index contributed by atoms with van der Waals surface area (Å²) in [6, 6.07) is 18.6. The predicted molar refractivity (Wildman–Crippen MR) is 119 cm³/mol. The topological polar surface area (TPSA) is 80.4 Å². The highest BCUT2D eigenvalue weighted by atomic mass is 16.6. The first kappa shape index (κ1) is 20.7. The van der Waals surface area contributed by atoms with Gasteiger partial charge in [0, 0.05) is 5.69 Å². The lowest BCUT2D eigenvalue weighted by molar-refractivity contribution is 0.0934. The Bertz CT molecular complexity index is 1120. The van der Waals surface area contributed by atoms with Crippen LogP contribution in [0.3, 0.4) is 0 Å². The molecule has 31 heavy (non-hydrogen) atoms. The molecule has 0 bridgehead atoms. The van der Waals surface area contributed by atoms with Crippen LogP contribution in [0, 0.1) is 0 Å². The Labute approximate surface area is 181 Å². The van der Waals surface area contributed by atoms with Crippen LogP contribution in [0.25, 0.3) is 0 Å². The number of fused-ring (bicyclic) bond motifs is 1. The molecule has 6 nitrogen and oxygen atoms in total. The van der Waals surface area contributed by atoms with E-state index in [0.717, 1.165) is 16.8 Å². The second kappa shape index (κ2) is 9.08. The van der Waals surface area contributed by atoms with Gasteiger partial charge in [-0.2, -0.15) is 0 Å². The van der Waals surface area contributed by atoms with Crippen molar-refractivity contribution < 1.29 is 14.3 Å². The van der Waals surface area contributed by atoms with Gasteiger partial charge in [0.2, 0.25) is 0 Å². The van der Waals surface area contributed by atoms with Crippen molar-refractivity contribution in [3.05, 3.63) is 93.4 Å². The molecule has 1 aromatic heterocycles. The Balaban J connectivity index is 1.63. The fourth-order valence-corrected chi connectivity index (χ4v) is 3.62. The second-order valence-electron chi connectivity index (χ2n) is 7.93. The molecule has 0 fully saturated rings. The van der Waals surface area contributed by atoms with Gasteiger partial charge < -0.3 is 19.8 Å². The number of ether oxygens (including phenoxy) is 2. The number of hydrogen-bond donors (Lipinski definition) is 2. The molecular formula is C25H26N2O4. The zero-order valence-corrected chi connectivity index (χ0v) is 17.7. The summed E-state index contributed by atoms with van der Waals surface area (Å²) in [4.78, 5) is 28.3. The molecule has 0 spiro atoms. The summed E-state index contributed by atoms with van der Waals surface area (Å²) in [5.41, 5.74) is 2.47. The van der Waals surface area contributed by atoms with Gasteiger partial charge in [-0.3, -0.25) is 9.59 Å². The van der Waals surface area contributed by atoms with E-state index in [9.17, 15) is 9.59 Å². The first-order valence-electron chi connectivity index (χ1n) is 10.5. The van der Waals surface area contributed by atoms with Crippen molar-refractivity contribution in [3.63, 3.8) is 0 Å². The van der Waals surface area contributed by atoms with E-state index in [0.29, 0.717) is 31.1 Å². The Morgan fingerprint density at radius 3 is 2.45 bits per heavy atom. The molecule has 0 saturated heterocycles. The van der Waals surface area contributed by atoms with Gasteiger partial charge in [0.25, 0.3) is 11.5 Å². The van der Waals surface area contributed by atoms with Crippen LogP contribution in [0.2, 0.25) is 0 Å².